The summed E-state index contributed by atoms with van der Waals surface area (Å²) in [6.07, 6.45) is 3.67. The van der Waals surface area contributed by atoms with E-state index >= 15 is 0 Å². The Kier molecular flexibility index (Phi) is 9.58. The molecular formula is C36H43F2N7O4. The summed E-state index contributed by atoms with van der Waals surface area (Å²) < 4.78 is 41.4. The van der Waals surface area contributed by atoms with E-state index in [1.807, 2.05) is 49.9 Å². The Hall–Kier alpha value is -4.62. The maximum atomic E-state index is 14.7. The molecule has 2 aromatic heterocycles. The monoisotopic (exact) mass is 675 g/mol. The van der Waals surface area contributed by atoms with Gasteiger partial charge in [0.25, 0.3) is 5.91 Å². The fraction of sp³-hybridized carbons (Fsp3) is 0.444. The smallest absolute Gasteiger partial charge is 0.410 e. The van der Waals surface area contributed by atoms with Gasteiger partial charge in [-0.3, -0.25) is 9.69 Å². The number of hydrogen-bond acceptors (Lipinski definition) is 8. The number of carbonyl (C=O) groups is 2. The van der Waals surface area contributed by atoms with Crippen molar-refractivity contribution in [3.63, 3.8) is 0 Å². The van der Waals surface area contributed by atoms with Crippen LogP contribution in [0.1, 0.15) is 62.1 Å². The number of hydrogen-bond donors (Lipinski definition) is 1. The molecule has 4 heterocycles. The average molecular weight is 676 g/mol. The van der Waals surface area contributed by atoms with Crippen LogP contribution in [0.5, 0.6) is 0 Å². The number of morpholine rings is 1. The number of ether oxygens (including phenoxy) is 2. The molecule has 0 radical (unpaired) electrons. The Morgan fingerprint density at radius 2 is 1.71 bits per heavy atom. The van der Waals surface area contributed by atoms with Crippen molar-refractivity contribution in [3.8, 4) is 0 Å². The molecule has 4 aromatic rings. The molecule has 0 spiro atoms. The summed E-state index contributed by atoms with van der Waals surface area (Å²) in [5.74, 6) is -0.936. The Morgan fingerprint density at radius 3 is 2.43 bits per heavy atom. The lowest BCUT2D eigenvalue weighted by Gasteiger charge is -2.44. The van der Waals surface area contributed by atoms with Crippen molar-refractivity contribution >= 4 is 29.2 Å². The maximum absolute atomic E-state index is 14.7. The van der Waals surface area contributed by atoms with E-state index < -0.39 is 23.3 Å². The molecule has 2 amide bonds. The standard InChI is InChI=1S/C36H43F2N7O4/c1-35(2,3)49-34(47)42-14-16-43(17-15-42)36(4,5)21-24-6-9-26(10-7-24)40-33(46)28-22-39-45-13-12-31(41-32(28)45)44-18-19-48-23-30(44)27-20-25(37)8-11-29(27)38/h6-13,20,22,30H,14-19,21,23H2,1-5H3,(H,40,46). The largest absolute Gasteiger partial charge is 0.444 e. The number of amides is 2. The summed E-state index contributed by atoms with van der Waals surface area (Å²) in [7, 11) is 0. The molecule has 1 unspecified atom stereocenters. The van der Waals surface area contributed by atoms with Crippen LogP contribution >= 0.6 is 0 Å². The van der Waals surface area contributed by atoms with Crippen LogP contribution in [0.25, 0.3) is 5.65 Å². The molecule has 260 valence electrons. The Morgan fingerprint density at radius 1 is 0.980 bits per heavy atom. The van der Waals surface area contributed by atoms with E-state index in [9.17, 15) is 18.4 Å². The Bertz CT molecular complexity index is 1810. The highest BCUT2D eigenvalue weighted by atomic mass is 19.1. The molecule has 2 aliphatic rings. The fourth-order valence-corrected chi connectivity index (χ4v) is 6.42. The average Bonchev–Trinajstić information content (AvgIpc) is 3.49. The van der Waals surface area contributed by atoms with Gasteiger partial charge in [0.05, 0.1) is 25.5 Å². The minimum Gasteiger partial charge on any atom is -0.444 e. The third-order valence-corrected chi connectivity index (χ3v) is 8.97. The van der Waals surface area contributed by atoms with Gasteiger partial charge < -0.3 is 24.6 Å². The van der Waals surface area contributed by atoms with Crippen LogP contribution in [0.15, 0.2) is 60.9 Å². The summed E-state index contributed by atoms with van der Waals surface area (Å²) in [5, 5.41) is 7.26. The Labute approximate surface area is 284 Å². The Balaban J connectivity index is 1.10. The lowest BCUT2D eigenvalue weighted by atomic mass is 9.92. The van der Waals surface area contributed by atoms with E-state index in [1.165, 1.54) is 16.8 Å². The zero-order valence-electron chi connectivity index (χ0n) is 28.6. The van der Waals surface area contributed by atoms with E-state index in [0.29, 0.717) is 43.4 Å². The first-order chi connectivity index (χ1) is 23.3. The quantitative estimate of drug-likeness (QED) is 0.266. The molecule has 1 N–H and O–H groups in total. The third-order valence-electron chi connectivity index (χ3n) is 8.97. The highest BCUT2D eigenvalue weighted by Gasteiger charge is 2.33. The zero-order chi connectivity index (χ0) is 34.9. The topological polar surface area (TPSA) is 105 Å². The van der Waals surface area contributed by atoms with Crippen molar-refractivity contribution < 1.29 is 27.8 Å². The predicted octanol–water partition coefficient (Wildman–Crippen LogP) is 5.71. The van der Waals surface area contributed by atoms with Crippen LogP contribution in [0, 0.1) is 11.6 Å². The van der Waals surface area contributed by atoms with E-state index in [1.54, 1.807) is 17.2 Å². The van der Waals surface area contributed by atoms with Crippen molar-refractivity contribution in [2.45, 2.75) is 58.2 Å². The zero-order valence-corrected chi connectivity index (χ0v) is 28.6. The SMILES string of the molecule is CC(C)(C)OC(=O)N1CCN(C(C)(C)Cc2ccc(NC(=O)c3cnn4ccc(N5CCOCC5c5cc(F)ccc5F)nc34)cc2)CC1. The number of piperazine rings is 1. The first-order valence-electron chi connectivity index (χ1n) is 16.5. The van der Waals surface area contributed by atoms with Crippen molar-refractivity contribution in [1.29, 1.82) is 0 Å². The molecule has 6 rings (SSSR count). The van der Waals surface area contributed by atoms with Gasteiger partial charge in [-0.15, -0.1) is 0 Å². The number of carbonyl (C=O) groups excluding carboxylic acids is 2. The second-order valence-electron chi connectivity index (χ2n) is 14.2. The molecule has 2 aromatic carbocycles. The minimum absolute atomic E-state index is 0.148. The van der Waals surface area contributed by atoms with Gasteiger partial charge in [0.15, 0.2) is 5.65 Å². The van der Waals surface area contributed by atoms with E-state index in [-0.39, 0.29) is 35.3 Å². The molecule has 13 heteroatoms. The number of aromatic nitrogens is 3. The highest BCUT2D eigenvalue weighted by molar-refractivity contribution is 6.08. The number of nitrogens with zero attached hydrogens (tertiary/aromatic N) is 6. The number of fused-ring (bicyclic) bond motifs is 1. The van der Waals surface area contributed by atoms with Gasteiger partial charge in [-0.05, 0) is 83.0 Å². The number of halogens is 2. The second-order valence-corrected chi connectivity index (χ2v) is 14.2. The van der Waals surface area contributed by atoms with Gasteiger partial charge in [0.2, 0.25) is 0 Å². The second kappa shape index (κ2) is 13.7. The van der Waals surface area contributed by atoms with Crippen LogP contribution in [-0.4, -0.2) is 93.5 Å². The number of anilines is 2. The van der Waals surface area contributed by atoms with Gasteiger partial charge in [0, 0.05) is 55.7 Å². The summed E-state index contributed by atoms with van der Waals surface area (Å²) >= 11 is 0. The fourth-order valence-electron chi connectivity index (χ4n) is 6.42. The van der Waals surface area contributed by atoms with Crippen LogP contribution in [0.4, 0.5) is 25.1 Å². The van der Waals surface area contributed by atoms with Crippen molar-refractivity contribution in [2.24, 2.45) is 0 Å². The summed E-state index contributed by atoms with van der Waals surface area (Å²) in [6.45, 7) is 13.7. The van der Waals surface area contributed by atoms with Gasteiger partial charge in [-0.2, -0.15) is 5.10 Å². The van der Waals surface area contributed by atoms with E-state index in [4.69, 9.17) is 14.5 Å². The minimum atomic E-state index is -0.593. The van der Waals surface area contributed by atoms with Crippen LogP contribution in [-0.2, 0) is 15.9 Å². The molecule has 11 nitrogen and oxygen atoms in total. The molecule has 2 fully saturated rings. The summed E-state index contributed by atoms with van der Waals surface area (Å²) in [6, 6.07) is 12.3. The number of rotatable bonds is 7. The lowest BCUT2D eigenvalue weighted by molar-refractivity contribution is 0.00194. The van der Waals surface area contributed by atoms with Crippen LogP contribution < -0.4 is 10.2 Å². The van der Waals surface area contributed by atoms with Crippen molar-refractivity contribution in [3.05, 3.63) is 89.2 Å². The summed E-state index contributed by atoms with van der Waals surface area (Å²) in [5.41, 5.74) is 1.88. The maximum Gasteiger partial charge on any atom is 0.410 e. The van der Waals surface area contributed by atoms with Gasteiger partial charge in [-0.1, -0.05) is 12.1 Å². The van der Waals surface area contributed by atoms with Gasteiger partial charge in [-0.25, -0.2) is 23.1 Å². The molecule has 2 aliphatic heterocycles. The molecule has 0 aliphatic carbocycles. The first kappa shape index (κ1) is 34.3. The molecule has 2 saturated heterocycles. The van der Waals surface area contributed by atoms with Gasteiger partial charge >= 0.3 is 6.09 Å². The van der Waals surface area contributed by atoms with Crippen LogP contribution in [0.3, 0.4) is 0 Å². The molecular weight excluding hydrogens is 632 g/mol. The number of nitrogens with one attached hydrogen (secondary N) is 1. The lowest BCUT2D eigenvalue weighted by Crippen LogP contribution is -2.57. The summed E-state index contributed by atoms with van der Waals surface area (Å²) in [4.78, 5) is 36.7. The van der Waals surface area contributed by atoms with Crippen molar-refractivity contribution in [1.82, 2.24) is 24.4 Å². The van der Waals surface area contributed by atoms with Crippen LogP contribution in [0.2, 0.25) is 0 Å². The third kappa shape index (κ3) is 7.83. The highest BCUT2D eigenvalue weighted by Crippen LogP contribution is 2.31. The molecule has 49 heavy (non-hydrogen) atoms. The van der Waals surface area contributed by atoms with Gasteiger partial charge in [0.1, 0.15) is 28.6 Å². The molecule has 0 bridgehead atoms. The van der Waals surface area contributed by atoms with Crippen molar-refractivity contribution in [2.75, 3.05) is 56.2 Å². The number of benzene rings is 2. The molecule has 0 saturated carbocycles. The first-order valence-corrected chi connectivity index (χ1v) is 16.5. The molecule has 1 atom stereocenters. The predicted molar refractivity (Wildman–Crippen MR) is 182 cm³/mol. The normalized spacial score (nSPS) is 17.7. The van der Waals surface area contributed by atoms with E-state index in [0.717, 1.165) is 37.2 Å². The van der Waals surface area contributed by atoms with E-state index in [2.05, 4.69) is 29.2 Å².